The monoisotopic (exact) mass is 539 g/mol. The van der Waals surface area contributed by atoms with Gasteiger partial charge in [0.15, 0.2) is 11.6 Å². The van der Waals surface area contributed by atoms with Gasteiger partial charge in [0, 0.05) is 49.1 Å². The maximum atomic E-state index is 15.1. The molecule has 0 fully saturated rings. The SMILES string of the molecule is CCc1c(Cc2ccnc(NS(=O)(=O)NC)c2F)c(=O)oc2cc(Oc3ncccn3)c(C)cc12.[KH]. The number of halogens is 1. The molecule has 0 saturated heterocycles. The molecule has 1 aromatic carbocycles. The van der Waals surface area contributed by atoms with E-state index in [4.69, 9.17) is 9.15 Å². The quantitative estimate of drug-likeness (QED) is 0.258. The Labute approximate surface area is 249 Å². The summed E-state index contributed by atoms with van der Waals surface area (Å²) in [5, 5.41) is 0.687. The van der Waals surface area contributed by atoms with E-state index < -0.39 is 27.5 Å². The fourth-order valence-electron chi connectivity index (χ4n) is 3.63. The van der Waals surface area contributed by atoms with Crippen LogP contribution in [0.4, 0.5) is 10.2 Å². The molecule has 3 aromatic heterocycles. The van der Waals surface area contributed by atoms with Crippen molar-refractivity contribution in [2.75, 3.05) is 11.8 Å². The van der Waals surface area contributed by atoms with Crippen LogP contribution in [0.5, 0.6) is 11.8 Å². The number of pyridine rings is 1. The third-order valence-electron chi connectivity index (χ3n) is 5.35. The molecular weight excluding hydrogens is 516 g/mol. The summed E-state index contributed by atoms with van der Waals surface area (Å²) in [6.45, 7) is 3.72. The van der Waals surface area contributed by atoms with Crippen LogP contribution >= 0.6 is 0 Å². The number of fused-ring (bicyclic) bond motifs is 1. The van der Waals surface area contributed by atoms with Crippen LogP contribution in [0, 0.1) is 12.7 Å². The summed E-state index contributed by atoms with van der Waals surface area (Å²) in [6, 6.07) is 6.63. The van der Waals surface area contributed by atoms with Crippen LogP contribution < -0.4 is 19.8 Å². The average Bonchev–Trinajstić information content (AvgIpc) is 2.83. The Morgan fingerprint density at radius 1 is 1.11 bits per heavy atom. The molecule has 36 heavy (non-hydrogen) atoms. The first-order chi connectivity index (χ1) is 16.7. The van der Waals surface area contributed by atoms with Crippen LogP contribution in [0.15, 0.2) is 52.1 Å². The van der Waals surface area contributed by atoms with E-state index in [9.17, 15) is 13.2 Å². The van der Waals surface area contributed by atoms with Crippen LogP contribution in [0.3, 0.4) is 0 Å². The molecule has 0 radical (unpaired) electrons. The van der Waals surface area contributed by atoms with Gasteiger partial charge in [-0.1, -0.05) is 6.92 Å². The molecule has 0 bridgehead atoms. The zero-order valence-electron chi connectivity index (χ0n) is 19.1. The van der Waals surface area contributed by atoms with Crippen molar-refractivity contribution >= 4 is 78.4 Å². The summed E-state index contributed by atoms with van der Waals surface area (Å²) in [7, 11) is -2.79. The van der Waals surface area contributed by atoms with E-state index in [0.29, 0.717) is 28.7 Å². The maximum absolute atomic E-state index is 15.1. The normalized spacial score (nSPS) is 11.2. The fraction of sp³-hybridized carbons (Fsp3) is 0.217. The molecule has 4 rings (SSSR count). The number of aryl methyl sites for hydroxylation is 2. The van der Waals surface area contributed by atoms with Gasteiger partial charge in [-0.05, 0) is 48.2 Å². The Hall–Kier alpha value is -2.26. The van der Waals surface area contributed by atoms with Crippen LogP contribution in [-0.2, 0) is 23.1 Å². The van der Waals surface area contributed by atoms with Gasteiger partial charge in [-0.15, -0.1) is 0 Å². The molecule has 0 amide bonds. The van der Waals surface area contributed by atoms with Crippen molar-refractivity contribution in [3.05, 3.63) is 81.3 Å². The first-order valence-corrected chi connectivity index (χ1v) is 12.1. The van der Waals surface area contributed by atoms with E-state index in [1.54, 1.807) is 24.5 Å². The Morgan fingerprint density at radius 3 is 2.50 bits per heavy atom. The van der Waals surface area contributed by atoms with Crippen LogP contribution in [0.2, 0.25) is 0 Å². The second-order valence-electron chi connectivity index (χ2n) is 7.57. The van der Waals surface area contributed by atoms with Gasteiger partial charge in [-0.3, -0.25) is 4.72 Å². The van der Waals surface area contributed by atoms with E-state index in [1.165, 1.54) is 19.3 Å². The number of hydrogen-bond acceptors (Lipinski definition) is 8. The third kappa shape index (κ3) is 6.17. The summed E-state index contributed by atoms with van der Waals surface area (Å²) < 4.78 is 53.9. The van der Waals surface area contributed by atoms with E-state index in [1.807, 2.05) is 29.4 Å². The first kappa shape index (κ1) is 28.3. The molecule has 184 valence electrons. The summed E-state index contributed by atoms with van der Waals surface area (Å²) in [4.78, 5) is 24.8. The molecule has 4 aromatic rings. The van der Waals surface area contributed by atoms with Crippen molar-refractivity contribution in [3.63, 3.8) is 0 Å². The second kappa shape index (κ2) is 11.9. The summed E-state index contributed by atoms with van der Waals surface area (Å²) in [6.07, 6.45) is 4.73. The van der Waals surface area contributed by atoms with Gasteiger partial charge in [0.2, 0.25) is 0 Å². The number of ether oxygens (including phenoxy) is 1. The van der Waals surface area contributed by atoms with Gasteiger partial charge < -0.3 is 9.15 Å². The number of aromatic nitrogens is 3. The topological polar surface area (TPSA) is 136 Å². The average molecular weight is 540 g/mol. The van der Waals surface area contributed by atoms with E-state index in [0.717, 1.165) is 5.56 Å². The minimum absolute atomic E-state index is 0. The van der Waals surface area contributed by atoms with Crippen molar-refractivity contribution in [1.29, 1.82) is 0 Å². The standard InChI is InChI=1S/C23H22FN5O5S.K.H/c1-4-15-16-10-13(2)18(34-23-27-7-5-8-28-23)12-19(16)33-22(30)17(15)11-14-6-9-26-21(20(14)24)29-35(31,32)25-3;;/h5-10,12,25H,4,11H2,1-3H3,(H,26,29);;. The van der Waals surface area contributed by atoms with Crippen molar-refractivity contribution in [2.24, 2.45) is 0 Å². The molecule has 13 heteroatoms. The summed E-state index contributed by atoms with van der Waals surface area (Å²) >= 11 is 0. The van der Waals surface area contributed by atoms with Crippen LogP contribution in [0.1, 0.15) is 29.2 Å². The zero-order chi connectivity index (χ0) is 25.2. The number of nitrogens with one attached hydrogen (secondary N) is 2. The van der Waals surface area contributed by atoms with Gasteiger partial charge in [0.05, 0.1) is 0 Å². The second-order valence-corrected chi connectivity index (χ2v) is 9.19. The predicted molar refractivity (Wildman–Crippen MR) is 134 cm³/mol. The fourth-order valence-corrected chi connectivity index (χ4v) is 4.13. The van der Waals surface area contributed by atoms with Gasteiger partial charge in [-0.25, -0.2) is 28.9 Å². The van der Waals surface area contributed by atoms with E-state index in [2.05, 4.69) is 15.0 Å². The zero-order valence-corrected chi connectivity index (χ0v) is 19.9. The molecular formula is C23H23FKN5O5S. The van der Waals surface area contributed by atoms with Crippen LogP contribution in [0.25, 0.3) is 11.0 Å². The first-order valence-electron chi connectivity index (χ1n) is 10.6. The number of benzene rings is 1. The minimum atomic E-state index is -3.97. The Morgan fingerprint density at radius 2 is 1.83 bits per heavy atom. The third-order valence-corrected chi connectivity index (χ3v) is 6.35. The van der Waals surface area contributed by atoms with E-state index in [-0.39, 0.29) is 74.9 Å². The Bertz CT molecular complexity index is 1570. The molecule has 0 saturated carbocycles. The van der Waals surface area contributed by atoms with Gasteiger partial charge in [-0.2, -0.15) is 8.42 Å². The molecule has 0 aliphatic heterocycles. The van der Waals surface area contributed by atoms with Gasteiger partial charge in [0.1, 0.15) is 11.3 Å². The van der Waals surface area contributed by atoms with Crippen molar-refractivity contribution in [2.45, 2.75) is 26.7 Å². The van der Waals surface area contributed by atoms with Gasteiger partial charge in [0.25, 0.3) is 10.2 Å². The van der Waals surface area contributed by atoms with E-state index >= 15 is 4.39 Å². The molecule has 10 nitrogen and oxygen atoms in total. The molecule has 3 heterocycles. The summed E-state index contributed by atoms with van der Waals surface area (Å²) in [5.74, 6) is -0.917. The van der Waals surface area contributed by atoms with Crippen molar-refractivity contribution in [3.8, 4) is 11.8 Å². The molecule has 0 spiro atoms. The molecule has 0 atom stereocenters. The summed E-state index contributed by atoms with van der Waals surface area (Å²) in [5.41, 5.74) is 1.49. The van der Waals surface area contributed by atoms with Crippen molar-refractivity contribution < 1.29 is 22.0 Å². The van der Waals surface area contributed by atoms with Gasteiger partial charge >= 0.3 is 63.0 Å². The molecule has 2 N–H and O–H groups in total. The Balaban J connectivity index is 0.00000361. The number of rotatable bonds is 8. The molecule has 0 aliphatic carbocycles. The molecule has 0 aliphatic rings. The number of anilines is 1. The molecule has 0 unspecified atom stereocenters. The number of hydrogen-bond donors (Lipinski definition) is 2. The number of nitrogens with zero attached hydrogens (tertiary/aromatic N) is 3. The predicted octanol–water partition coefficient (Wildman–Crippen LogP) is 2.60. The Kier molecular flexibility index (Phi) is 9.32. The van der Waals surface area contributed by atoms with Crippen LogP contribution in [-0.4, -0.2) is 81.8 Å². The van der Waals surface area contributed by atoms with Crippen molar-refractivity contribution in [1.82, 2.24) is 19.7 Å².